The standard InChI is InChI=1S/C15H17F2NO2/c1-2-10-4-6-14(20-10)15(19)12(8-18)11-5-3-9(16)7-13(11)17/h3-7,12,15,19H,2,8,18H2,1H3. The zero-order chi connectivity index (χ0) is 14.7. The molecule has 1 aromatic carbocycles. The minimum absolute atomic E-state index is 0.0197. The van der Waals surface area contributed by atoms with E-state index in [0.717, 1.165) is 17.9 Å². The van der Waals surface area contributed by atoms with Gasteiger partial charge in [-0.25, -0.2) is 8.78 Å². The summed E-state index contributed by atoms with van der Waals surface area (Å²) in [5, 5.41) is 10.3. The quantitative estimate of drug-likeness (QED) is 0.886. The number of halogens is 2. The average molecular weight is 281 g/mol. The fraction of sp³-hybridized carbons (Fsp3) is 0.333. The minimum Gasteiger partial charge on any atom is -0.463 e. The van der Waals surface area contributed by atoms with Crippen LogP contribution in [0.5, 0.6) is 0 Å². The number of hydrogen-bond donors (Lipinski definition) is 2. The van der Waals surface area contributed by atoms with Crippen molar-refractivity contribution < 1.29 is 18.3 Å². The van der Waals surface area contributed by atoms with Crippen molar-refractivity contribution in [3.8, 4) is 0 Å². The van der Waals surface area contributed by atoms with Crippen LogP contribution in [0.4, 0.5) is 8.78 Å². The van der Waals surface area contributed by atoms with Crippen LogP contribution in [0.25, 0.3) is 0 Å². The lowest BCUT2D eigenvalue weighted by atomic mass is 9.91. The highest BCUT2D eigenvalue weighted by Crippen LogP contribution is 2.32. The summed E-state index contributed by atoms with van der Waals surface area (Å²) in [7, 11) is 0. The third-order valence-electron chi connectivity index (χ3n) is 3.32. The van der Waals surface area contributed by atoms with E-state index in [0.29, 0.717) is 12.2 Å². The second kappa shape index (κ2) is 6.15. The summed E-state index contributed by atoms with van der Waals surface area (Å²) in [5.74, 6) is -1.01. The maximum Gasteiger partial charge on any atom is 0.133 e. The first kappa shape index (κ1) is 14.7. The van der Waals surface area contributed by atoms with E-state index < -0.39 is 23.7 Å². The molecule has 3 nitrogen and oxygen atoms in total. The van der Waals surface area contributed by atoms with Crippen molar-refractivity contribution in [2.75, 3.05) is 6.54 Å². The molecule has 20 heavy (non-hydrogen) atoms. The largest absolute Gasteiger partial charge is 0.463 e. The minimum atomic E-state index is -1.07. The third kappa shape index (κ3) is 2.89. The second-order valence-electron chi connectivity index (χ2n) is 4.61. The van der Waals surface area contributed by atoms with Crippen LogP contribution in [0, 0.1) is 11.6 Å². The number of aliphatic hydroxyl groups excluding tert-OH is 1. The van der Waals surface area contributed by atoms with Gasteiger partial charge >= 0.3 is 0 Å². The maximum atomic E-state index is 13.8. The van der Waals surface area contributed by atoms with Gasteiger partial charge in [0.2, 0.25) is 0 Å². The summed E-state index contributed by atoms with van der Waals surface area (Å²) in [5.41, 5.74) is 5.80. The average Bonchev–Trinajstić information content (AvgIpc) is 2.90. The van der Waals surface area contributed by atoms with Crippen molar-refractivity contribution in [2.45, 2.75) is 25.4 Å². The molecule has 0 fully saturated rings. The molecule has 2 rings (SSSR count). The van der Waals surface area contributed by atoms with Crippen molar-refractivity contribution in [3.05, 3.63) is 59.1 Å². The Morgan fingerprint density at radius 3 is 2.55 bits per heavy atom. The second-order valence-corrected chi connectivity index (χ2v) is 4.61. The van der Waals surface area contributed by atoms with Crippen LogP contribution in [-0.4, -0.2) is 11.7 Å². The fourth-order valence-electron chi connectivity index (χ4n) is 2.17. The van der Waals surface area contributed by atoms with Gasteiger partial charge in [-0.2, -0.15) is 0 Å². The Kier molecular flexibility index (Phi) is 4.52. The lowest BCUT2D eigenvalue weighted by molar-refractivity contribution is 0.119. The first-order valence-electron chi connectivity index (χ1n) is 6.48. The molecule has 2 atom stereocenters. The highest BCUT2D eigenvalue weighted by Gasteiger charge is 2.26. The fourth-order valence-corrected chi connectivity index (χ4v) is 2.17. The van der Waals surface area contributed by atoms with Crippen molar-refractivity contribution in [2.24, 2.45) is 5.73 Å². The molecular weight excluding hydrogens is 264 g/mol. The zero-order valence-electron chi connectivity index (χ0n) is 11.1. The lowest BCUT2D eigenvalue weighted by Gasteiger charge is -2.20. The Balaban J connectivity index is 2.31. The molecule has 0 amide bonds. The summed E-state index contributed by atoms with van der Waals surface area (Å²) in [6.07, 6.45) is -0.370. The van der Waals surface area contributed by atoms with Gasteiger partial charge in [-0.1, -0.05) is 13.0 Å². The van der Waals surface area contributed by atoms with Gasteiger partial charge in [0, 0.05) is 24.9 Å². The van der Waals surface area contributed by atoms with E-state index in [1.165, 1.54) is 6.07 Å². The van der Waals surface area contributed by atoms with Crippen molar-refractivity contribution in [1.29, 1.82) is 0 Å². The number of aliphatic hydroxyl groups is 1. The molecule has 0 aliphatic carbocycles. The van der Waals surface area contributed by atoms with E-state index in [4.69, 9.17) is 10.2 Å². The molecule has 0 bridgehead atoms. The summed E-state index contributed by atoms with van der Waals surface area (Å²) >= 11 is 0. The SMILES string of the molecule is CCc1ccc(C(O)C(CN)c2ccc(F)cc2F)o1. The van der Waals surface area contributed by atoms with Crippen LogP contribution in [0.15, 0.2) is 34.7 Å². The van der Waals surface area contributed by atoms with Gasteiger partial charge in [0.05, 0.1) is 0 Å². The van der Waals surface area contributed by atoms with Crippen molar-refractivity contribution >= 4 is 0 Å². The van der Waals surface area contributed by atoms with Crippen LogP contribution < -0.4 is 5.73 Å². The van der Waals surface area contributed by atoms with Crippen LogP contribution in [-0.2, 0) is 6.42 Å². The molecule has 1 aromatic heterocycles. The smallest absolute Gasteiger partial charge is 0.133 e. The number of benzene rings is 1. The summed E-state index contributed by atoms with van der Waals surface area (Å²) in [6, 6.07) is 6.63. The van der Waals surface area contributed by atoms with Crippen LogP contribution in [0.2, 0.25) is 0 Å². The molecule has 0 aliphatic heterocycles. The van der Waals surface area contributed by atoms with Crippen LogP contribution >= 0.6 is 0 Å². The number of aryl methyl sites for hydroxylation is 1. The first-order chi connectivity index (χ1) is 9.56. The maximum absolute atomic E-state index is 13.8. The molecule has 2 aromatic rings. The summed E-state index contributed by atoms with van der Waals surface area (Å²) in [4.78, 5) is 0. The topological polar surface area (TPSA) is 59.4 Å². The van der Waals surface area contributed by atoms with Crippen LogP contribution in [0.1, 0.15) is 36.0 Å². The van der Waals surface area contributed by atoms with Gasteiger partial charge in [0.25, 0.3) is 0 Å². The number of rotatable bonds is 5. The van der Waals surface area contributed by atoms with Gasteiger partial charge < -0.3 is 15.3 Å². The Labute approximate surface area is 116 Å². The summed E-state index contributed by atoms with van der Waals surface area (Å²) in [6.45, 7) is 1.95. The lowest BCUT2D eigenvalue weighted by Crippen LogP contribution is -2.21. The predicted molar refractivity (Wildman–Crippen MR) is 71.2 cm³/mol. The molecule has 5 heteroatoms. The first-order valence-corrected chi connectivity index (χ1v) is 6.48. The molecule has 0 saturated carbocycles. The Bertz CT molecular complexity index is 583. The van der Waals surface area contributed by atoms with E-state index in [2.05, 4.69) is 0 Å². The van der Waals surface area contributed by atoms with Gasteiger partial charge in [0.1, 0.15) is 29.3 Å². The third-order valence-corrected chi connectivity index (χ3v) is 3.32. The Morgan fingerprint density at radius 2 is 2.00 bits per heavy atom. The van der Waals surface area contributed by atoms with Crippen molar-refractivity contribution in [3.63, 3.8) is 0 Å². The predicted octanol–water partition coefficient (Wildman–Crippen LogP) is 2.90. The Hall–Kier alpha value is -1.72. The van der Waals surface area contributed by atoms with Gasteiger partial charge in [-0.05, 0) is 23.8 Å². The van der Waals surface area contributed by atoms with Gasteiger partial charge in [-0.3, -0.25) is 0 Å². The molecule has 0 spiro atoms. The van der Waals surface area contributed by atoms with Gasteiger partial charge in [-0.15, -0.1) is 0 Å². The molecule has 0 saturated heterocycles. The molecular formula is C15H17F2NO2. The van der Waals surface area contributed by atoms with Crippen molar-refractivity contribution in [1.82, 2.24) is 0 Å². The van der Waals surface area contributed by atoms with E-state index in [9.17, 15) is 13.9 Å². The van der Waals surface area contributed by atoms with E-state index in [-0.39, 0.29) is 12.1 Å². The Morgan fingerprint density at radius 1 is 1.25 bits per heavy atom. The number of hydrogen-bond acceptors (Lipinski definition) is 3. The number of nitrogens with two attached hydrogens (primary N) is 1. The molecule has 108 valence electrons. The molecule has 0 radical (unpaired) electrons. The zero-order valence-corrected chi connectivity index (χ0v) is 11.1. The summed E-state index contributed by atoms with van der Waals surface area (Å²) < 4.78 is 32.2. The van der Waals surface area contributed by atoms with E-state index >= 15 is 0 Å². The van der Waals surface area contributed by atoms with E-state index in [1.54, 1.807) is 12.1 Å². The normalized spacial score (nSPS) is 14.2. The van der Waals surface area contributed by atoms with E-state index in [1.807, 2.05) is 6.92 Å². The molecule has 3 N–H and O–H groups in total. The number of furan rings is 1. The van der Waals surface area contributed by atoms with Gasteiger partial charge in [0.15, 0.2) is 0 Å². The molecule has 1 heterocycles. The highest BCUT2D eigenvalue weighted by atomic mass is 19.1. The van der Waals surface area contributed by atoms with Crippen LogP contribution in [0.3, 0.4) is 0 Å². The monoisotopic (exact) mass is 281 g/mol. The molecule has 0 aliphatic rings. The molecule has 2 unspecified atom stereocenters. The highest BCUT2D eigenvalue weighted by molar-refractivity contribution is 5.26.